The number of rotatable bonds is 7. The first-order valence-corrected chi connectivity index (χ1v) is 12.4. The van der Waals surface area contributed by atoms with Gasteiger partial charge < -0.3 is 0 Å². The van der Waals surface area contributed by atoms with Gasteiger partial charge in [0.05, 0.1) is 11.9 Å². The fourth-order valence-corrected chi connectivity index (χ4v) is 4.32. The zero-order valence-electron chi connectivity index (χ0n) is 15.3. The van der Waals surface area contributed by atoms with Gasteiger partial charge in [0.2, 0.25) is 10.0 Å². The van der Waals surface area contributed by atoms with E-state index in [1.54, 1.807) is 42.1 Å². The number of thiazole rings is 1. The summed E-state index contributed by atoms with van der Waals surface area (Å²) in [5, 5.41) is 5.18. The highest BCUT2D eigenvalue weighted by Crippen LogP contribution is 2.26. The maximum Gasteiger partial charge on any atom is 0.257 e. The van der Waals surface area contributed by atoms with Gasteiger partial charge in [-0.05, 0) is 36.1 Å². The van der Waals surface area contributed by atoms with Crippen LogP contribution < -0.4 is 10.0 Å². The van der Waals surface area contributed by atoms with Gasteiger partial charge in [0.1, 0.15) is 0 Å². The highest BCUT2D eigenvalue weighted by atomic mass is 32.2. The number of thioether (sulfide) groups is 1. The third-order valence-corrected chi connectivity index (χ3v) is 5.69. The van der Waals surface area contributed by atoms with E-state index in [4.69, 9.17) is 0 Å². The molecule has 0 aliphatic rings. The summed E-state index contributed by atoms with van der Waals surface area (Å²) in [6.45, 7) is 0. The van der Waals surface area contributed by atoms with Crippen molar-refractivity contribution in [2.24, 2.45) is 0 Å². The van der Waals surface area contributed by atoms with Crippen LogP contribution in [0, 0.1) is 0 Å². The Labute approximate surface area is 172 Å². The summed E-state index contributed by atoms with van der Waals surface area (Å²) >= 11 is 3.04. The van der Waals surface area contributed by atoms with Crippen molar-refractivity contribution in [2.45, 2.75) is 5.75 Å². The predicted octanol–water partition coefficient (Wildman–Crippen LogP) is 4.30. The lowest BCUT2D eigenvalue weighted by Gasteiger charge is -2.05. The van der Waals surface area contributed by atoms with Gasteiger partial charge in [-0.15, -0.1) is 11.3 Å². The van der Waals surface area contributed by atoms with E-state index in [9.17, 15) is 13.2 Å². The number of anilines is 2. The lowest BCUT2D eigenvalue weighted by atomic mass is 10.1. The van der Waals surface area contributed by atoms with Crippen molar-refractivity contribution < 1.29 is 13.2 Å². The molecule has 3 rings (SSSR count). The lowest BCUT2D eigenvalue weighted by Crippen LogP contribution is -2.11. The quantitative estimate of drug-likeness (QED) is 0.580. The Bertz CT molecular complexity index is 1080. The highest BCUT2D eigenvalue weighted by Gasteiger charge is 2.11. The SMILES string of the molecule is CSCc1cccc(C(=O)Nc2nc(-c3ccc(NS(C)(=O)=O)cc3)cs2)c1. The Balaban J connectivity index is 1.70. The maximum atomic E-state index is 12.5. The molecule has 146 valence electrons. The molecule has 2 aromatic carbocycles. The molecule has 0 spiro atoms. The lowest BCUT2D eigenvalue weighted by molar-refractivity contribution is 0.102. The Kier molecular flexibility index (Phi) is 6.38. The predicted molar refractivity (Wildman–Crippen MR) is 118 cm³/mol. The molecule has 1 amide bonds. The van der Waals surface area contributed by atoms with Gasteiger partial charge in [0.15, 0.2) is 5.13 Å². The summed E-state index contributed by atoms with van der Waals surface area (Å²) in [5.74, 6) is 0.656. The van der Waals surface area contributed by atoms with Crippen LogP contribution >= 0.6 is 23.1 Å². The molecule has 2 N–H and O–H groups in total. The van der Waals surface area contributed by atoms with Crippen LogP contribution in [0.3, 0.4) is 0 Å². The molecule has 0 fully saturated rings. The van der Waals surface area contributed by atoms with E-state index in [0.717, 1.165) is 23.1 Å². The number of nitrogens with one attached hydrogen (secondary N) is 2. The number of hydrogen-bond acceptors (Lipinski definition) is 6. The second-order valence-electron chi connectivity index (χ2n) is 6.08. The van der Waals surface area contributed by atoms with Crippen molar-refractivity contribution in [3.05, 3.63) is 65.0 Å². The number of amides is 1. The Morgan fingerprint density at radius 1 is 1.18 bits per heavy atom. The number of carbonyl (C=O) groups is 1. The maximum absolute atomic E-state index is 12.5. The monoisotopic (exact) mass is 433 g/mol. The summed E-state index contributed by atoms with van der Waals surface area (Å²) in [4.78, 5) is 16.9. The molecule has 3 aromatic rings. The normalized spacial score (nSPS) is 11.2. The largest absolute Gasteiger partial charge is 0.298 e. The third-order valence-electron chi connectivity index (χ3n) is 3.71. The molecule has 0 unspecified atom stereocenters. The number of aromatic nitrogens is 1. The minimum atomic E-state index is -3.31. The minimum Gasteiger partial charge on any atom is -0.298 e. The molecular weight excluding hydrogens is 414 g/mol. The van der Waals surface area contributed by atoms with E-state index < -0.39 is 10.0 Å². The topological polar surface area (TPSA) is 88.2 Å². The first-order chi connectivity index (χ1) is 13.3. The number of sulfonamides is 1. The van der Waals surface area contributed by atoms with Crippen LogP contribution in [0.25, 0.3) is 11.3 Å². The molecule has 0 radical (unpaired) electrons. The highest BCUT2D eigenvalue weighted by molar-refractivity contribution is 7.97. The molecule has 9 heteroatoms. The van der Waals surface area contributed by atoms with E-state index in [1.807, 2.05) is 29.8 Å². The zero-order chi connectivity index (χ0) is 20.1. The van der Waals surface area contributed by atoms with Gasteiger partial charge in [-0.2, -0.15) is 11.8 Å². The van der Waals surface area contributed by atoms with Crippen LogP contribution in [-0.4, -0.2) is 31.8 Å². The number of carbonyl (C=O) groups excluding carboxylic acids is 1. The smallest absolute Gasteiger partial charge is 0.257 e. The molecule has 0 bridgehead atoms. The molecule has 0 saturated heterocycles. The molecule has 0 atom stereocenters. The second-order valence-corrected chi connectivity index (χ2v) is 9.55. The van der Waals surface area contributed by atoms with Gasteiger partial charge in [0, 0.05) is 27.9 Å². The van der Waals surface area contributed by atoms with Gasteiger partial charge in [-0.1, -0.05) is 24.3 Å². The van der Waals surface area contributed by atoms with Crippen LogP contribution in [0.2, 0.25) is 0 Å². The molecule has 0 aliphatic carbocycles. The molecule has 6 nitrogen and oxygen atoms in total. The zero-order valence-corrected chi connectivity index (χ0v) is 17.7. The first-order valence-electron chi connectivity index (χ1n) is 8.27. The average Bonchev–Trinajstić information content (AvgIpc) is 3.10. The van der Waals surface area contributed by atoms with Gasteiger partial charge >= 0.3 is 0 Å². The molecular formula is C19H19N3O3S3. The molecule has 1 aromatic heterocycles. The summed E-state index contributed by atoms with van der Waals surface area (Å²) in [6.07, 6.45) is 3.13. The second kappa shape index (κ2) is 8.76. The Morgan fingerprint density at radius 3 is 2.61 bits per heavy atom. The Hall–Kier alpha value is -2.36. The summed E-state index contributed by atoms with van der Waals surface area (Å²) in [6, 6.07) is 14.4. The molecule has 0 saturated carbocycles. The van der Waals surface area contributed by atoms with Gasteiger partial charge in [-0.3, -0.25) is 14.8 Å². The van der Waals surface area contributed by atoms with Crippen molar-refractivity contribution in [1.82, 2.24) is 4.98 Å². The van der Waals surface area contributed by atoms with Crippen LogP contribution in [0.4, 0.5) is 10.8 Å². The number of hydrogen-bond donors (Lipinski definition) is 2. The van der Waals surface area contributed by atoms with Crippen LogP contribution in [0.5, 0.6) is 0 Å². The van der Waals surface area contributed by atoms with Crippen LogP contribution in [-0.2, 0) is 15.8 Å². The van der Waals surface area contributed by atoms with Gasteiger partial charge in [-0.25, -0.2) is 13.4 Å². The van der Waals surface area contributed by atoms with E-state index in [1.165, 1.54) is 11.3 Å². The average molecular weight is 434 g/mol. The molecule has 1 heterocycles. The fraction of sp³-hybridized carbons (Fsp3) is 0.158. The number of nitrogens with zero attached hydrogens (tertiary/aromatic N) is 1. The van der Waals surface area contributed by atoms with Crippen LogP contribution in [0.15, 0.2) is 53.9 Å². The summed E-state index contributed by atoms with van der Waals surface area (Å²) < 4.78 is 25.0. The standard InChI is InChI=1S/C19H19N3O3S3/c1-26-11-13-4-3-5-15(10-13)18(23)21-19-20-17(12-27-19)14-6-8-16(9-7-14)22-28(2,24)25/h3-10,12,22H,11H2,1-2H3,(H,20,21,23). The summed E-state index contributed by atoms with van der Waals surface area (Å²) in [7, 11) is -3.31. The molecule has 28 heavy (non-hydrogen) atoms. The van der Waals surface area contributed by atoms with Crippen molar-refractivity contribution in [2.75, 3.05) is 22.6 Å². The van der Waals surface area contributed by atoms with Crippen molar-refractivity contribution in [1.29, 1.82) is 0 Å². The van der Waals surface area contributed by atoms with E-state index in [-0.39, 0.29) is 5.91 Å². The van der Waals surface area contributed by atoms with Gasteiger partial charge in [0.25, 0.3) is 5.91 Å². The Morgan fingerprint density at radius 2 is 1.93 bits per heavy atom. The van der Waals surface area contributed by atoms with Crippen molar-refractivity contribution >= 4 is 49.8 Å². The van der Waals surface area contributed by atoms with Crippen molar-refractivity contribution in [3.8, 4) is 11.3 Å². The van der Waals surface area contributed by atoms with E-state index >= 15 is 0 Å². The fourth-order valence-electron chi connectivity index (χ4n) is 2.53. The summed E-state index contributed by atoms with van der Waals surface area (Å²) in [5.41, 5.74) is 3.72. The van der Waals surface area contributed by atoms with E-state index in [2.05, 4.69) is 15.0 Å². The minimum absolute atomic E-state index is 0.198. The third kappa shape index (κ3) is 5.57. The number of benzene rings is 2. The molecule has 0 aliphatic heterocycles. The first kappa shape index (κ1) is 20.4. The van der Waals surface area contributed by atoms with Crippen LogP contribution in [0.1, 0.15) is 15.9 Å². The van der Waals surface area contributed by atoms with E-state index in [0.29, 0.717) is 22.1 Å². The van der Waals surface area contributed by atoms with Crippen molar-refractivity contribution in [3.63, 3.8) is 0 Å².